The lowest BCUT2D eigenvalue weighted by molar-refractivity contribution is -0.120. The fourth-order valence-corrected chi connectivity index (χ4v) is 2.42. The highest BCUT2D eigenvalue weighted by atomic mass is 35.5. The van der Waals surface area contributed by atoms with Crippen molar-refractivity contribution in [1.29, 1.82) is 0 Å². The first-order valence-corrected chi connectivity index (χ1v) is 7.80. The molecule has 1 atom stereocenters. The lowest BCUT2D eigenvalue weighted by Gasteiger charge is -2.08. The third-order valence-electron chi connectivity index (χ3n) is 3.59. The number of nitrogens with one attached hydrogen (secondary N) is 1. The van der Waals surface area contributed by atoms with Crippen LogP contribution in [-0.2, 0) is 9.53 Å². The number of benzene rings is 1. The summed E-state index contributed by atoms with van der Waals surface area (Å²) < 4.78 is 4.87. The van der Waals surface area contributed by atoms with Gasteiger partial charge < -0.3 is 15.2 Å². The van der Waals surface area contributed by atoms with Gasteiger partial charge in [-0.05, 0) is 23.8 Å². The lowest BCUT2D eigenvalue weighted by Crippen LogP contribution is -2.27. The molecule has 124 valence electrons. The summed E-state index contributed by atoms with van der Waals surface area (Å²) in [6.07, 6.45) is 1.37. The Morgan fingerprint density at radius 1 is 1.33 bits per heavy atom. The molecule has 6 nitrogen and oxygen atoms in total. The summed E-state index contributed by atoms with van der Waals surface area (Å²) in [5.41, 5.74) is 1.34. The van der Waals surface area contributed by atoms with Gasteiger partial charge in [0, 0.05) is 29.7 Å². The Bertz CT molecular complexity index is 790. The predicted octanol–water partition coefficient (Wildman–Crippen LogP) is 2.20. The number of hydrogen-bond donors (Lipinski definition) is 2. The molecule has 0 saturated carbocycles. The highest BCUT2D eigenvalue weighted by Gasteiger charge is 2.30. The molecule has 0 aliphatic carbocycles. The molecule has 1 fully saturated rings. The molecular weight excluding hydrogens is 332 g/mol. The molecular formula is C17H15ClN2O4. The number of aromatic nitrogens is 1. The van der Waals surface area contributed by atoms with Gasteiger partial charge in [-0.3, -0.25) is 9.59 Å². The van der Waals surface area contributed by atoms with Crippen LogP contribution in [0.5, 0.6) is 5.75 Å². The maximum Gasteiger partial charge on any atom is 0.273 e. The molecule has 2 aromatic rings. The van der Waals surface area contributed by atoms with Gasteiger partial charge in [0.05, 0.1) is 6.61 Å². The van der Waals surface area contributed by atoms with Crippen molar-refractivity contribution in [3.8, 4) is 16.9 Å². The second-order valence-corrected chi connectivity index (χ2v) is 5.83. The van der Waals surface area contributed by atoms with Crippen molar-refractivity contribution in [3.63, 3.8) is 0 Å². The van der Waals surface area contributed by atoms with Crippen LogP contribution in [0.3, 0.4) is 0 Å². The first-order valence-electron chi connectivity index (χ1n) is 7.42. The van der Waals surface area contributed by atoms with E-state index in [9.17, 15) is 14.7 Å². The van der Waals surface area contributed by atoms with E-state index in [0.29, 0.717) is 17.2 Å². The molecule has 1 aliphatic rings. The van der Waals surface area contributed by atoms with Gasteiger partial charge in [0.25, 0.3) is 5.91 Å². The van der Waals surface area contributed by atoms with Crippen LogP contribution in [0.15, 0.2) is 36.5 Å². The quantitative estimate of drug-likeness (QED) is 0.782. The van der Waals surface area contributed by atoms with E-state index in [1.165, 1.54) is 12.3 Å². The summed E-state index contributed by atoms with van der Waals surface area (Å²) in [6.45, 7) is 0.634. The monoisotopic (exact) mass is 346 g/mol. The fourth-order valence-electron chi connectivity index (χ4n) is 2.23. The first-order chi connectivity index (χ1) is 11.5. The molecule has 2 heterocycles. The molecule has 2 N–H and O–H groups in total. The SMILES string of the molecule is O=C(NCCC(=O)C1CO1)c1ncc(-c2cccc(Cl)c2)cc1O. The van der Waals surface area contributed by atoms with Crippen molar-refractivity contribution in [2.75, 3.05) is 13.2 Å². The number of epoxide rings is 1. The number of ether oxygens (including phenoxy) is 1. The maximum atomic E-state index is 12.0. The number of nitrogens with zero attached hydrogens (tertiary/aromatic N) is 1. The van der Waals surface area contributed by atoms with E-state index >= 15 is 0 Å². The second-order valence-electron chi connectivity index (χ2n) is 5.40. The third kappa shape index (κ3) is 3.90. The average Bonchev–Trinajstić information content (AvgIpc) is 3.39. The van der Waals surface area contributed by atoms with Gasteiger partial charge in [-0.15, -0.1) is 0 Å². The molecule has 1 unspecified atom stereocenters. The molecule has 3 rings (SSSR count). The summed E-state index contributed by atoms with van der Waals surface area (Å²) in [5, 5.41) is 13.2. The second kappa shape index (κ2) is 6.98. The van der Waals surface area contributed by atoms with E-state index < -0.39 is 5.91 Å². The first kappa shape index (κ1) is 16.4. The normalized spacial score (nSPS) is 15.8. The van der Waals surface area contributed by atoms with Gasteiger partial charge in [-0.1, -0.05) is 23.7 Å². The highest BCUT2D eigenvalue weighted by molar-refractivity contribution is 6.30. The number of amides is 1. The number of halogens is 1. The van der Waals surface area contributed by atoms with Gasteiger partial charge in [0.15, 0.2) is 11.5 Å². The van der Waals surface area contributed by atoms with Gasteiger partial charge in [-0.2, -0.15) is 0 Å². The van der Waals surface area contributed by atoms with Gasteiger partial charge >= 0.3 is 0 Å². The van der Waals surface area contributed by atoms with Crippen molar-refractivity contribution < 1.29 is 19.4 Å². The number of aromatic hydroxyl groups is 1. The van der Waals surface area contributed by atoms with Crippen molar-refractivity contribution in [3.05, 3.63) is 47.2 Å². The zero-order chi connectivity index (χ0) is 17.1. The minimum absolute atomic E-state index is 0.0382. The Morgan fingerprint density at radius 3 is 2.79 bits per heavy atom. The van der Waals surface area contributed by atoms with Crippen LogP contribution in [0.2, 0.25) is 5.02 Å². The summed E-state index contributed by atoms with van der Waals surface area (Å²) in [7, 11) is 0. The van der Waals surface area contributed by atoms with Crippen LogP contribution >= 0.6 is 11.6 Å². The molecule has 1 aliphatic heterocycles. The van der Waals surface area contributed by atoms with Crippen LogP contribution < -0.4 is 5.32 Å². The Balaban J connectivity index is 1.65. The maximum absolute atomic E-state index is 12.0. The number of rotatable bonds is 6. The largest absolute Gasteiger partial charge is 0.505 e. The molecule has 0 bridgehead atoms. The minimum atomic E-state index is -0.533. The number of Topliss-reactive ketones (excluding diaryl/α,β-unsaturated/α-hetero) is 1. The number of ketones is 1. The summed E-state index contributed by atoms with van der Waals surface area (Å²) in [6, 6.07) is 8.55. The van der Waals surface area contributed by atoms with E-state index in [0.717, 1.165) is 5.56 Å². The zero-order valence-corrected chi connectivity index (χ0v) is 13.4. The molecule has 7 heteroatoms. The molecule has 1 aromatic heterocycles. The summed E-state index contributed by atoms with van der Waals surface area (Å²) in [5.74, 6) is -0.805. The Hall–Kier alpha value is -2.44. The predicted molar refractivity (Wildman–Crippen MR) is 88.0 cm³/mol. The van der Waals surface area contributed by atoms with Crippen LogP contribution in [0, 0.1) is 0 Å². The standard InChI is InChI=1S/C17H15ClN2O4/c18-12-3-1-2-10(6-12)11-7-14(22)16(20-8-11)17(23)19-5-4-13(21)15-9-24-15/h1-3,6-8,15,22H,4-5,9H2,(H,19,23). The van der Waals surface area contributed by atoms with Crippen LogP contribution in [0.1, 0.15) is 16.9 Å². The van der Waals surface area contributed by atoms with Gasteiger partial charge in [-0.25, -0.2) is 4.98 Å². The molecule has 0 spiro atoms. The third-order valence-corrected chi connectivity index (χ3v) is 3.83. The van der Waals surface area contributed by atoms with E-state index in [4.69, 9.17) is 16.3 Å². The van der Waals surface area contributed by atoms with Crippen molar-refractivity contribution in [1.82, 2.24) is 10.3 Å². The number of carbonyl (C=O) groups is 2. The lowest BCUT2D eigenvalue weighted by atomic mass is 10.1. The smallest absolute Gasteiger partial charge is 0.273 e. The van der Waals surface area contributed by atoms with Gasteiger partial charge in [0.1, 0.15) is 11.9 Å². The molecule has 1 saturated heterocycles. The molecule has 24 heavy (non-hydrogen) atoms. The molecule has 0 radical (unpaired) electrons. The minimum Gasteiger partial charge on any atom is -0.505 e. The fraction of sp³-hybridized carbons (Fsp3) is 0.235. The van der Waals surface area contributed by atoms with Crippen LogP contribution in [-0.4, -0.2) is 41.0 Å². The van der Waals surface area contributed by atoms with Crippen LogP contribution in [0.4, 0.5) is 0 Å². The van der Waals surface area contributed by atoms with Crippen molar-refractivity contribution in [2.45, 2.75) is 12.5 Å². The number of pyridine rings is 1. The van der Waals surface area contributed by atoms with Gasteiger partial charge in [0.2, 0.25) is 0 Å². The van der Waals surface area contributed by atoms with E-state index in [-0.39, 0.29) is 36.3 Å². The van der Waals surface area contributed by atoms with Crippen molar-refractivity contribution >= 4 is 23.3 Å². The Morgan fingerprint density at radius 2 is 2.12 bits per heavy atom. The van der Waals surface area contributed by atoms with E-state index in [1.807, 2.05) is 6.07 Å². The van der Waals surface area contributed by atoms with Crippen LogP contribution in [0.25, 0.3) is 11.1 Å². The topological polar surface area (TPSA) is 91.8 Å². The highest BCUT2D eigenvalue weighted by Crippen LogP contribution is 2.26. The van der Waals surface area contributed by atoms with E-state index in [2.05, 4.69) is 10.3 Å². The Kier molecular flexibility index (Phi) is 4.78. The summed E-state index contributed by atoms with van der Waals surface area (Å²) in [4.78, 5) is 27.5. The van der Waals surface area contributed by atoms with E-state index in [1.54, 1.807) is 18.2 Å². The number of hydrogen-bond acceptors (Lipinski definition) is 5. The summed E-state index contributed by atoms with van der Waals surface area (Å²) >= 11 is 5.94. The molecule has 1 aromatic carbocycles. The number of carbonyl (C=O) groups excluding carboxylic acids is 2. The molecule has 1 amide bonds. The Labute approximate surface area is 143 Å². The zero-order valence-electron chi connectivity index (χ0n) is 12.7. The average molecular weight is 347 g/mol. The van der Waals surface area contributed by atoms with Crippen molar-refractivity contribution in [2.24, 2.45) is 0 Å².